The van der Waals surface area contributed by atoms with Gasteiger partial charge in [0, 0.05) is 24.8 Å². The van der Waals surface area contributed by atoms with Gasteiger partial charge in [0.2, 0.25) is 5.91 Å². The van der Waals surface area contributed by atoms with Crippen LogP contribution in [0.2, 0.25) is 0 Å². The van der Waals surface area contributed by atoms with Gasteiger partial charge in [-0.15, -0.1) is 0 Å². The van der Waals surface area contributed by atoms with Crippen molar-refractivity contribution in [2.24, 2.45) is 0 Å². The Hall–Kier alpha value is -3.15. The number of amides is 1. The second kappa shape index (κ2) is 7.59. The molecule has 6 nitrogen and oxygen atoms in total. The molecule has 6 heteroatoms. The summed E-state index contributed by atoms with van der Waals surface area (Å²) in [5.41, 5.74) is 1.37. The van der Waals surface area contributed by atoms with Gasteiger partial charge in [-0.3, -0.25) is 9.59 Å². The Morgan fingerprint density at radius 3 is 2.77 bits per heavy atom. The molecule has 3 aromatic rings. The van der Waals surface area contributed by atoms with Gasteiger partial charge in [0.05, 0.1) is 16.9 Å². The van der Waals surface area contributed by atoms with Gasteiger partial charge in [-0.05, 0) is 43.9 Å². The van der Waals surface area contributed by atoms with E-state index >= 15 is 0 Å². The van der Waals surface area contributed by atoms with Gasteiger partial charge in [0.25, 0.3) is 5.56 Å². The molecule has 2 N–H and O–H groups in total. The third-order valence-electron chi connectivity index (χ3n) is 6.30. The van der Waals surface area contributed by atoms with Crippen LogP contribution >= 0.6 is 0 Å². The summed E-state index contributed by atoms with van der Waals surface area (Å²) >= 11 is 0. The Morgan fingerprint density at radius 1 is 1.13 bits per heavy atom. The Bertz CT molecular complexity index is 1150. The highest BCUT2D eigenvalue weighted by Crippen LogP contribution is 2.46. The summed E-state index contributed by atoms with van der Waals surface area (Å²) in [6, 6.07) is 15.2. The van der Waals surface area contributed by atoms with Gasteiger partial charge < -0.3 is 15.0 Å². The normalized spacial score (nSPS) is 19.4. The van der Waals surface area contributed by atoms with Crippen LogP contribution < -0.4 is 15.6 Å². The van der Waals surface area contributed by atoms with Gasteiger partial charge in [-0.25, -0.2) is 4.98 Å². The quantitative estimate of drug-likeness (QED) is 0.694. The lowest BCUT2D eigenvalue weighted by atomic mass is 9.86. The number of hydrogen-bond acceptors (Lipinski definition) is 4. The zero-order valence-electron chi connectivity index (χ0n) is 16.8. The molecule has 5 rings (SSSR count). The highest BCUT2D eigenvalue weighted by molar-refractivity contribution is 5.78. The molecule has 1 atom stereocenters. The SMILES string of the molecule is O=C(CCc1nc2ccccc2c(=O)[nH]1)N[C@@H]1CC2(CCCC2)Oc2ccccc21. The molecule has 0 unspecified atom stereocenters. The van der Waals surface area contributed by atoms with Crippen LogP contribution in [-0.4, -0.2) is 21.5 Å². The molecule has 1 fully saturated rings. The fourth-order valence-electron chi connectivity index (χ4n) is 4.82. The number of para-hydroxylation sites is 2. The molecule has 1 amide bonds. The Kier molecular flexibility index (Phi) is 4.77. The van der Waals surface area contributed by atoms with E-state index < -0.39 is 0 Å². The maximum absolute atomic E-state index is 12.8. The van der Waals surface area contributed by atoms with E-state index in [1.54, 1.807) is 6.07 Å². The largest absolute Gasteiger partial charge is 0.487 e. The Balaban J connectivity index is 1.30. The van der Waals surface area contributed by atoms with E-state index in [2.05, 4.69) is 15.3 Å². The van der Waals surface area contributed by atoms with Crippen LogP contribution in [0.4, 0.5) is 0 Å². The molecular weight excluding hydrogens is 378 g/mol. The van der Waals surface area contributed by atoms with E-state index in [9.17, 15) is 9.59 Å². The van der Waals surface area contributed by atoms with Gasteiger partial charge in [-0.1, -0.05) is 30.3 Å². The number of ether oxygens (including phenoxy) is 1. The molecule has 0 radical (unpaired) electrons. The van der Waals surface area contributed by atoms with E-state index in [0.717, 1.165) is 30.6 Å². The molecule has 1 spiro atoms. The van der Waals surface area contributed by atoms with Crippen molar-refractivity contribution in [1.29, 1.82) is 0 Å². The van der Waals surface area contributed by atoms with Crippen LogP contribution in [0.15, 0.2) is 53.3 Å². The molecule has 1 aliphatic heterocycles. The molecule has 1 saturated carbocycles. The topological polar surface area (TPSA) is 84.1 Å². The summed E-state index contributed by atoms with van der Waals surface area (Å²) in [6.07, 6.45) is 5.89. The summed E-state index contributed by atoms with van der Waals surface area (Å²) in [5, 5.41) is 3.77. The number of hydrogen-bond donors (Lipinski definition) is 2. The molecule has 0 saturated heterocycles. The number of H-pyrrole nitrogens is 1. The fraction of sp³-hybridized carbons (Fsp3) is 0.375. The van der Waals surface area contributed by atoms with E-state index in [1.807, 2.05) is 42.5 Å². The first-order valence-electron chi connectivity index (χ1n) is 10.7. The fourth-order valence-corrected chi connectivity index (χ4v) is 4.82. The minimum absolute atomic E-state index is 0.0411. The highest BCUT2D eigenvalue weighted by Gasteiger charge is 2.43. The van der Waals surface area contributed by atoms with Gasteiger partial charge in [0.1, 0.15) is 17.2 Å². The maximum atomic E-state index is 12.8. The molecule has 2 aromatic carbocycles. The second-order valence-electron chi connectivity index (χ2n) is 8.38. The third kappa shape index (κ3) is 3.58. The number of aromatic nitrogens is 2. The zero-order valence-corrected chi connectivity index (χ0v) is 16.8. The zero-order chi connectivity index (χ0) is 20.6. The van der Waals surface area contributed by atoms with Crippen LogP contribution in [0.1, 0.15) is 56.0 Å². The summed E-state index contributed by atoms with van der Waals surface area (Å²) in [6.45, 7) is 0. The maximum Gasteiger partial charge on any atom is 0.258 e. The molecule has 0 bridgehead atoms. The number of benzene rings is 2. The Labute approximate surface area is 174 Å². The number of aryl methyl sites for hydroxylation is 1. The van der Waals surface area contributed by atoms with Crippen molar-refractivity contribution < 1.29 is 9.53 Å². The minimum atomic E-state index is -0.169. The number of carbonyl (C=O) groups excluding carboxylic acids is 1. The predicted octanol–water partition coefficient (Wildman–Crippen LogP) is 3.81. The van der Waals surface area contributed by atoms with Crippen molar-refractivity contribution in [3.8, 4) is 5.75 Å². The van der Waals surface area contributed by atoms with Crippen molar-refractivity contribution in [1.82, 2.24) is 15.3 Å². The van der Waals surface area contributed by atoms with E-state index in [1.165, 1.54) is 12.8 Å². The lowest BCUT2D eigenvalue weighted by Crippen LogP contribution is -2.43. The number of fused-ring (bicyclic) bond motifs is 2. The number of nitrogens with one attached hydrogen (secondary N) is 2. The van der Waals surface area contributed by atoms with Crippen LogP contribution in [0.25, 0.3) is 10.9 Å². The third-order valence-corrected chi connectivity index (χ3v) is 6.30. The lowest BCUT2D eigenvalue weighted by molar-refractivity contribution is -0.122. The van der Waals surface area contributed by atoms with Gasteiger partial charge >= 0.3 is 0 Å². The average molecular weight is 403 g/mol. The summed E-state index contributed by atoms with van der Waals surface area (Å²) in [4.78, 5) is 32.3. The molecule has 1 aliphatic carbocycles. The van der Waals surface area contributed by atoms with Crippen LogP contribution in [0.5, 0.6) is 5.75 Å². The smallest absolute Gasteiger partial charge is 0.258 e. The lowest BCUT2D eigenvalue weighted by Gasteiger charge is -2.40. The first kappa shape index (κ1) is 18.9. The number of nitrogens with zero attached hydrogens (tertiary/aromatic N) is 1. The van der Waals surface area contributed by atoms with Crippen LogP contribution in [-0.2, 0) is 11.2 Å². The van der Waals surface area contributed by atoms with Gasteiger partial charge in [-0.2, -0.15) is 0 Å². The average Bonchev–Trinajstić information content (AvgIpc) is 3.19. The summed E-state index contributed by atoms with van der Waals surface area (Å²) in [5.74, 6) is 1.38. The molecule has 30 heavy (non-hydrogen) atoms. The van der Waals surface area contributed by atoms with E-state index in [-0.39, 0.29) is 29.5 Å². The number of aromatic amines is 1. The van der Waals surface area contributed by atoms with Crippen molar-refractivity contribution in [2.75, 3.05) is 0 Å². The van der Waals surface area contributed by atoms with E-state index in [4.69, 9.17) is 4.74 Å². The first-order chi connectivity index (χ1) is 14.6. The number of rotatable bonds is 4. The monoisotopic (exact) mass is 403 g/mol. The molecule has 2 aliphatic rings. The predicted molar refractivity (Wildman–Crippen MR) is 114 cm³/mol. The van der Waals surface area contributed by atoms with Crippen LogP contribution in [0, 0.1) is 0 Å². The second-order valence-corrected chi connectivity index (χ2v) is 8.38. The van der Waals surface area contributed by atoms with Crippen molar-refractivity contribution in [3.63, 3.8) is 0 Å². The highest BCUT2D eigenvalue weighted by atomic mass is 16.5. The summed E-state index contributed by atoms with van der Waals surface area (Å²) in [7, 11) is 0. The molecule has 154 valence electrons. The summed E-state index contributed by atoms with van der Waals surface area (Å²) < 4.78 is 6.37. The van der Waals surface area contributed by atoms with Crippen molar-refractivity contribution in [2.45, 2.75) is 56.6 Å². The Morgan fingerprint density at radius 2 is 1.90 bits per heavy atom. The minimum Gasteiger partial charge on any atom is -0.487 e. The number of carbonyl (C=O) groups is 1. The van der Waals surface area contributed by atoms with Gasteiger partial charge in [0.15, 0.2) is 0 Å². The molecule has 2 heterocycles. The van der Waals surface area contributed by atoms with Crippen molar-refractivity contribution >= 4 is 16.8 Å². The first-order valence-corrected chi connectivity index (χ1v) is 10.7. The standard InChI is InChI=1S/C24H25N3O3/c28-22(12-11-21-25-18-9-3-1-8-17(18)23(29)27-21)26-19-15-24(13-5-6-14-24)30-20-10-4-2-7-16(19)20/h1-4,7-10,19H,5-6,11-15H2,(H,26,28)(H,25,27,29)/t19-/m1/s1. The molecular formula is C24H25N3O3. The van der Waals surface area contributed by atoms with E-state index in [0.29, 0.717) is 23.1 Å². The van der Waals surface area contributed by atoms with Crippen molar-refractivity contribution in [3.05, 3.63) is 70.3 Å². The van der Waals surface area contributed by atoms with Crippen LogP contribution in [0.3, 0.4) is 0 Å². The molecule has 1 aromatic heterocycles.